The van der Waals surface area contributed by atoms with Crippen LogP contribution in [0.2, 0.25) is 0 Å². The summed E-state index contributed by atoms with van der Waals surface area (Å²) in [6, 6.07) is 1.84. The minimum Gasteiger partial charge on any atom is -0.383 e. The third-order valence-electron chi connectivity index (χ3n) is 5.76. The summed E-state index contributed by atoms with van der Waals surface area (Å²) in [4.78, 5) is 18.8. The van der Waals surface area contributed by atoms with Crippen LogP contribution in [0.15, 0.2) is 23.6 Å². The summed E-state index contributed by atoms with van der Waals surface area (Å²) in [5.41, 5.74) is 1.36. The molecule has 1 fully saturated rings. The van der Waals surface area contributed by atoms with Gasteiger partial charge in [0.1, 0.15) is 5.69 Å². The summed E-state index contributed by atoms with van der Waals surface area (Å²) < 4.78 is 35.9. The van der Waals surface area contributed by atoms with Crippen molar-refractivity contribution in [3.8, 4) is 0 Å². The van der Waals surface area contributed by atoms with E-state index in [-0.39, 0.29) is 16.9 Å². The quantitative estimate of drug-likeness (QED) is 0.660. The van der Waals surface area contributed by atoms with Crippen LogP contribution >= 0.6 is 0 Å². The van der Waals surface area contributed by atoms with Crippen LogP contribution in [-0.2, 0) is 28.4 Å². The van der Waals surface area contributed by atoms with E-state index in [2.05, 4.69) is 10.1 Å². The highest BCUT2D eigenvalue weighted by Gasteiger charge is 2.34. The predicted octanol–water partition coefficient (Wildman–Crippen LogP) is 0.677. The standard InChI is InChI=1S/C19H28N6O4S/c1-22-13-18(20-14-22)30(27,28)24-7-3-5-15(12-24)16-11-17-19(26)23(9-10-29-2)6-4-8-25(17)21-16/h11,13-15H,3-10,12H2,1-2H3. The van der Waals surface area contributed by atoms with E-state index < -0.39 is 10.0 Å². The molecule has 0 N–H and O–H groups in total. The molecule has 4 rings (SSSR count). The molecule has 10 nitrogen and oxygen atoms in total. The molecule has 0 bridgehead atoms. The van der Waals surface area contributed by atoms with Crippen LogP contribution in [0.1, 0.15) is 41.4 Å². The minimum absolute atomic E-state index is 0.0444. The molecule has 0 spiro atoms. The highest BCUT2D eigenvalue weighted by Crippen LogP contribution is 2.30. The second-order valence-electron chi connectivity index (χ2n) is 7.90. The third-order valence-corrected chi connectivity index (χ3v) is 7.51. The third kappa shape index (κ3) is 4.01. The number of imidazole rings is 1. The first-order valence-electron chi connectivity index (χ1n) is 10.2. The summed E-state index contributed by atoms with van der Waals surface area (Å²) >= 11 is 0. The van der Waals surface area contributed by atoms with Crippen molar-refractivity contribution in [2.75, 3.05) is 39.9 Å². The average Bonchev–Trinajstić information content (AvgIpc) is 3.34. The summed E-state index contributed by atoms with van der Waals surface area (Å²) in [7, 11) is -0.272. The average molecular weight is 437 g/mol. The Bertz CT molecular complexity index is 1010. The van der Waals surface area contributed by atoms with Gasteiger partial charge in [-0.2, -0.15) is 9.40 Å². The molecule has 0 aliphatic carbocycles. The highest BCUT2D eigenvalue weighted by molar-refractivity contribution is 7.89. The van der Waals surface area contributed by atoms with Gasteiger partial charge < -0.3 is 14.2 Å². The largest absolute Gasteiger partial charge is 0.383 e. The molecule has 1 unspecified atom stereocenters. The number of piperidine rings is 1. The SMILES string of the molecule is COCCN1CCCn2nc(C3CCCN(S(=O)(=O)c4cn(C)cn4)C3)cc2C1=O. The molecule has 1 amide bonds. The van der Waals surface area contributed by atoms with Gasteiger partial charge >= 0.3 is 0 Å². The molecule has 164 valence electrons. The van der Waals surface area contributed by atoms with Crippen molar-refractivity contribution in [3.05, 3.63) is 30.0 Å². The maximum atomic E-state index is 13.0. The summed E-state index contributed by atoms with van der Waals surface area (Å²) in [6.45, 7) is 3.21. The van der Waals surface area contributed by atoms with Crippen molar-refractivity contribution in [2.24, 2.45) is 7.05 Å². The van der Waals surface area contributed by atoms with Crippen molar-refractivity contribution in [1.82, 2.24) is 28.5 Å². The van der Waals surface area contributed by atoms with E-state index in [1.165, 1.54) is 16.8 Å². The van der Waals surface area contributed by atoms with Crippen LogP contribution in [0.25, 0.3) is 0 Å². The first-order valence-corrected chi connectivity index (χ1v) is 11.7. The normalized spacial score (nSPS) is 20.9. The first-order chi connectivity index (χ1) is 14.4. The summed E-state index contributed by atoms with van der Waals surface area (Å²) in [5, 5.41) is 4.75. The van der Waals surface area contributed by atoms with Crippen LogP contribution < -0.4 is 0 Å². The van der Waals surface area contributed by atoms with Gasteiger partial charge in [0, 0.05) is 59.0 Å². The van der Waals surface area contributed by atoms with Gasteiger partial charge in [0.2, 0.25) is 0 Å². The Balaban J connectivity index is 1.54. The number of rotatable bonds is 6. The number of ether oxygens (including phenoxy) is 1. The van der Waals surface area contributed by atoms with Crippen molar-refractivity contribution in [1.29, 1.82) is 0 Å². The number of methoxy groups -OCH3 is 1. The molecule has 1 saturated heterocycles. The number of carbonyl (C=O) groups excluding carboxylic acids is 1. The Hall–Kier alpha value is -2.24. The first kappa shape index (κ1) is 21.0. The van der Waals surface area contributed by atoms with Gasteiger partial charge in [-0.3, -0.25) is 9.48 Å². The maximum absolute atomic E-state index is 13.0. The zero-order valence-electron chi connectivity index (χ0n) is 17.4. The van der Waals surface area contributed by atoms with Crippen LogP contribution in [0, 0.1) is 0 Å². The van der Waals surface area contributed by atoms with E-state index in [0.29, 0.717) is 45.0 Å². The number of aromatic nitrogens is 4. The van der Waals surface area contributed by atoms with Crippen LogP contribution in [0.3, 0.4) is 0 Å². The molecule has 30 heavy (non-hydrogen) atoms. The minimum atomic E-state index is -3.64. The van der Waals surface area contributed by atoms with E-state index in [9.17, 15) is 13.2 Å². The molecule has 2 aromatic heterocycles. The van der Waals surface area contributed by atoms with Crippen LogP contribution in [0.5, 0.6) is 0 Å². The van der Waals surface area contributed by atoms with Crippen molar-refractivity contribution >= 4 is 15.9 Å². The number of amides is 1. The topological polar surface area (TPSA) is 103 Å². The smallest absolute Gasteiger partial charge is 0.272 e. The number of nitrogens with zero attached hydrogens (tertiary/aromatic N) is 6. The van der Waals surface area contributed by atoms with Gasteiger partial charge in [0.05, 0.1) is 18.6 Å². The highest BCUT2D eigenvalue weighted by atomic mass is 32.2. The molecule has 1 atom stereocenters. The Morgan fingerprint density at radius 1 is 1.23 bits per heavy atom. The Labute approximate surface area is 176 Å². The van der Waals surface area contributed by atoms with Gasteiger partial charge in [-0.05, 0) is 25.3 Å². The van der Waals surface area contributed by atoms with E-state index in [0.717, 1.165) is 25.0 Å². The Morgan fingerprint density at radius 2 is 2.07 bits per heavy atom. The van der Waals surface area contributed by atoms with Gasteiger partial charge in [0.25, 0.3) is 15.9 Å². The molecular weight excluding hydrogens is 408 g/mol. The van der Waals surface area contributed by atoms with E-state index in [4.69, 9.17) is 4.74 Å². The lowest BCUT2D eigenvalue weighted by Crippen LogP contribution is -2.39. The zero-order valence-corrected chi connectivity index (χ0v) is 18.2. The number of carbonyl (C=O) groups is 1. The van der Waals surface area contributed by atoms with E-state index in [1.807, 2.05) is 6.07 Å². The van der Waals surface area contributed by atoms with E-state index >= 15 is 0 Å². The molecule has 0 saturated carbocycles. The fourth-order valence-electron chi connectivity index (χ4n) is 4.12. The molecule has 2 aromatic rings. The lowest BCUT2D eigenvalue weighted by Gasteiger charge is -2.30. The fraction of sp³-hybridized carbons (Fsp3) is 0.632. The van der Waals surface area contributed by atoms with Crippen molar-refractivity contribution < 1.29 is 17.9 Å². The molecule has 11 heteroatoms. The summed E-state index contributed by atoms with van der Waals surface area (Å²) in [6.07, 6.45) is 5.42. The predicted molar refractivity (Wildman–Crippen MR) is 109 cm³/mol. The number of sulfonamides is 1. The molecule has 0 radical (unpaired) electrons. The molecule has 4 heterocycles. The Kier molecular flexibility index (Phi) is 5.94. The lowest BCUT2D eigenvalue weighted by atomic mass is 9.96. The van der Waals surface area contributed by atoms with Crippen LogP contribution in [-0.4, -0.2) is 82.8 Å². The number of hydrogen-bond donors (Lipinski definition) is 0. The van der Waals surface area contributed by atoms with Gasteiger partial charge in [-0.1, -0.05) is 0 Å². The molecule has 0 aromatic carbocycles. The number of fused-ring (bicyclic) bond motifs is 1. The van der Waals surface area contributed by atoms with Crippen molar-refractivity contribution in [3.63, 3.8) is 0 Å². The van der Waals surface area contributed by atoms with Gasteiger partial charge in [-0.15, -0.1) is 0 Å². The Morgan fingerprint density at radius 3 is 2.80 bits per heavy atom. The van der Waals surface area contributed by atoms with E-state index in [1.54, 1.807) is 28.3 Å². The number of aryl methyl sites for hydroxylation is 2. The van der Waals surface area contributed by atoms with Crippen LogP contribution in [0.4, 0.5) is 0 Å². The monoisotopic (exact) mass is 436 g/mol. The lowest BCUT2D eigenvalue weighted by molar-refractivity contribution is 0.0698. The molecule has 2 aliphatic rings. The zero-order chi connectivity index (χ0) is 21.3. The fourth-order valence-corrected chi connectivity index (χ4v) is 5.61. The molecule has 2 aliphatic heterocycles. The second kappa shape index (κ2) is 8.48. The van der Waals surface area contributed by atoms with Gasteiger partial charge in [0.15, 0.2) is 5.03 Å². The van der Waals surface area contributed by atoms with Gasteiger partial charge in [-0.25, -0.2) is 13.4 Å². The molecular formula is C19H28N6O4S. The summed E-state index contributed by atoms with van der Waals surface area (Å²) in [5.74, 6) is -0.0889. The van der Waals surface area contributed by atoms with Crippen molar-refractivity contribution in [2.45, 2.75) is 36.8 Å². The number of hydrogen-bond acceptors (Lipinski definition) is 6. The second-order valence-corrected chi connectivity index (χ2v) is 9.78. The maximum Gasteiger partial charge on any atom is 0.272 e.